The van der Waals surface area contributed by atoms with Crippen LogP contribution in [0.1, 0.15) is 41.4 Å². The van der Waals surface area contributed by atoms with Crippen LogP contribution in [0.2, 0.25) is 0 Å². The summed E-state index contributed by atoms with van der Waals surface area (Å²) in [5.74, 6) is 2.34. The lowest BCUT2D eigenvalue weighted by Crippen LogP contribution is -1.96. The Morgan fingerprint density at radius 2 is 1.77 bits per heavy atom. The van der Waals surface area contributed by atoms with Crippen molar-refractivity contribution in [1.29, 1.82) is 0 Å². The molecule has 0 saturated heterocycles. The number of nitrogens with zero attached hydrogens (tertiary/aromatic N) is 3. The number of hydrogen-bond donors (Lipinski definition) is 1. The fraction of sp³-hybridized carbons (Fsp3) is 0.208. The van der Waals surface area contributed by atoms with Crippen molar-refractivity contribution in [2.24, 2.45) is 0 Å². The molecule has 1 N–H and O–H groups in total. The van der Waals surface area contributed by atoms with Gasteiger partial charge in [-0.15, -0.1) is 0 Å². The van der Waals surface area contributed by atoms with E-state index in [0.29, 0.717) is 12.5 Å². The van der Waals surface area contributed by atoms with Crippen molar-refractivity contribution in [2.75, 3.05) is 0 Å². The SMILES string of the molecule is C(=C\c1nc(COc2ccc(CCCCc3ncn[nH]3)cc2)co1)/c1ccccc1. The molecule has 0 amide bonds. The lowest BCUT2D eigenvalue weighted by molar-refractivity contribution is 0.301. The molecule has 0 saturated carbocycles. The van der Waals surface area contributed by atoms with Crippen LogP contribution in [0.25, 0.3) is 12.2 Å². The molecule has 30 heavy (non-hydrogen) atoms. The van der Waals surface area contributed by atoms with Crippen LogP contribution >= 0.6 is 0 Å². The molecular formula is C24H24N4O2. The number of nitrogens with one attached hydrogen (secondary N) is 1. The normalized spacial score (nSPS) is 11.2. The van der Waals surface area contributed by atoms with Crippen molar-refractivity contribution in [3.63, 3.8) is 0 Å². The molecule has 6 nitrogen and oxygen atoms in total. The van der Waals surface area contributed by atoms with Gasteiger partial charge >= 0.3 is 0 Å². The third-order valence-corrected chi connectivity index (χ3v) is 4.69. The van der Waals surface area contributed by atoms with Gasteiger partial charge in [-0.1, -0.05) is 42.5 Å². The van der Waals surface area contributed by atoms with Crippen molar-refractivity contribution >= 4 is 12.2 Å². The van der Waals surface area contributed by atoms with Gasteiger partial charge in [-0.05, 0) is 48.6 Å². The Morgan fingerprint density at radius 1 is 0.933 bits per heavy atom. The number of oxazole rings is 1. The maximum atomic E-state index is 5.83. The predicted octanol–water partition coefficient (Wildman–Crippen LogP) is 5.11. The molecule has 0 aliphatic carbocycles. The molecule has 0 bridgehead atoms. The second-order valence-electron chi connectivity index (χ2n) is 6.99. The molecule has 0 radical (unpaired) electrons. The fourth-order valence-corrected chi connectivity index (χ4v) is 3.08. The van der Waals surface area contributed by atoms with Crippen LogP contribution in [-0.4, -0.2) is 20.2 Å². The van der Waals surface area contributed by atoms with Crippen molar-refractivity contribution in [3.8, 4) is 5.75 Å². The minimum absolute atomic E-state index is 0.374. The lowest BCUT2D eigenvalue weighted by atomic mass is 10.1. The van der Waals surface area contributed by atoms with Gasteiger partial charge in [0.15, 0.2) is 0 Å². The Hall–Kier alpha value is -3.67. The van der Waals surface area contributed by atoms with E-state index >= 15 is 0 Å². The summed E-state index contributed by atoms with van der Waals surface area (Å²) in [6, 6.07) is 18.3. The van der Waals surface area contributed by atoms with Gasteiger partial charge in [-0.25, -0.2) is 9.97 Å². The van der Waals surface area contributed by atoms with Crippen molar-refractivity contribution in [2.45, 2.75) is 32.3 Å². The summed E-state index contributed by atoms with van der Waals surface area (Å²) in [4.78, 5) is 8.58. The molecule has 4 rings (SSSR count). The van der Waals surface area contributed by atoms with Gasteiger partial charge in [0.1, 0.15) is 36.5 Å². The van der Waals surface area contributed by atoms with Gasteiger partial charge in [-0.2, -0.15) is 5.10 Å². The Morgan fingerprint density at radius 3 is 2.57 bits per heavy atom. The molecular weight excluding hydrogens is 376 g/mol. The molecule has 2 heterocycles. The lowest BCUT2D eigenvalue weighted by Gasteiger charge is -2.06. The summed E-state index contributed by atoms with van der Waals surface area (Å²) in [5.41, 5.74) is 3.17. The first-order valence-electron chi connectivity index (χ1n) is 10.1. The average molecular weight is 400 g/mol. The smallest absolute Gasteiger partial charge is 0.218 e. The average Bonchev–Trinajstić information content (AvgIpc) is 3.47. The third-order valence-electron chi connectivity index (χ3n) is 4.69. The number of rotatable bonds is 10. The van der Waals surface area contributed by atoms with E-state index in [-0.39, 0.29) is 0 Å². The molecule has 152 valence electrons. The van der Waals surface area contributed by atoms with E-state index in [2.05, 4.69) is 32.3 Å². The van der Waals surface area contributed by atoms with E-state index < -0.39 is 0 Å². The first-order chi connectivity index (χ1) is 14.8. The van der Waals surface area contributed by atoms with Crippen LogP contribution in [0.5, 0.6) is 5.75 Å². The highest BCUT2D eigenvalue weighted by molar-refractivity contribution is 5.65. The van der Waals surface area contributed by atoms with Crippen molar-refractivity contribution in [3.05, 3.63) is 95.7 Å². The maximum absolute atomic E-state index is 5.83. The molecule has 4 aromatic rings. The Kier molecular flexibility index (Phi) is 6.68. The number of benzene rings is 2. The predicted molar refractivity (Wildman–Crippen MR) is 116 cm³/mol. The molecule has 2 aromatic heterocycles. The first-order valence-corrected chi connectivity index (χ1v) is 10.1. The summed E-state index contributed by atoms with van der Waals surface area (Å²) < 4.78 is 11.3. The third kappa shape index (κ3) is 5.91. The monoisotopic (exact) mass is 400 g/mol. The Bertz CT molecular complexity index is 1040. The zero-order valence-corrected chi connectivity index (χ0v) is 16.7. The summed E-state index contributed by atoms with van der Waals surface area (Å²) in [6.07, 6.45) is 11.2. The van der Waals surface area contributed by atoms with E-state index in [1.165, 1.54) is 5.56 Å². The molecule has 0 spiro atoms. The van der Waals surface area contributed by atoms with Crippen LogP contribution in [0.15, 0.2) is 71.6 Å². The van der Waals surface area contributed by atoms with Gasteiger partial charge in [0.25, 0.3) is 0 Å². The molecule has 6 heteroatoms. The van der Waals surface area contributed by atoms with Gasteiger partial charge in [-0.3, -0.25) is 5.10 Å². The zero-order chi connectivity index (χ0) is 20.4. The van der Waals surface area contributed by atoms with E-state index in [0.717, 1.165) is 48.5 Å². The van der Waals surface area contributed by atoms with Crippen molar-refractivity contribution < 1.29 is 9.15 Å². The summed E-state index contributed by atoms with van der Waals surface area (Å²) >= 11 is 0. The highest BCUT2D eigenvalue weighted by atomic mass is 16.5. The second kappa shape index (κ2) is 10.2. The number of unbranched alkanes of at least 4 members (excludes halogenated alkanes) is 1. The Balaban J connectivity index is 1.20. The number of H-pyrrole nitrogens is 1. The van der Waals surface area contributed by atoms with Gasteiger partial charge in [0.2, 0.25) is 5.89 Å². The molecule has 2 aromatic carbocycles. The van der Waals surface area contributed by atoms with Crippen LogP contribution in [0.3, 0.4) is 0 Å². The number of hydrogen-bond acceptors (Lipinski definition) is 5. The van der Waals surface area contributed by atoms with Crippen LogP contribution in [0, 0.1) is 0 Å². The minimum Gasteiger partial charge on any atom is -0.487 e. The Labute approximate surface area is 175 Å². The summed E-state index contributed by atoms with van der Waals surface area (Å²) in [5, 5.41) is 6.76. The quantitative estimate of drug-likeness (QED) is 0.374. The molecule has 0 aliphatic rings. The van der Waals surface area contributed by atoms with Gasteiger partial charge in [0, 0.05) is 12.5 Å². The first kappa shape index (κ1) is 19.6. The van der Waals surface area contributed by atoms with Crippen LogP contribution in [0.4, 0.5) is 0 Å². The van der Waals surface area contributed by atoms with E-state index in [9.17, 15) is 0 Å². The highest BCUT2D eigenvalue weighted by Gasteiger charge is 2.03. The van der Waals surface area contributed by atoms with E-state index in [1.807, 2.05) is 54.6 Å². The van der Waals surface area contributed by atoms with E-state index in [4.69, 9.17) is 9.15 Å². The number of aromatic nitrogens is 4. The standard InChI is InChI=1S/C24H24N4O2/c1-2-6-19(7-3-1)12-15-24-27-21(17-30-24)16-29-22-13-10-20(11-14-22)8-4-5-9-23-25-18-26-28-23/h1-3,6-7,10-15,17-18H,4-5,8-9,16H2,(H,25,26,28)/b15-12+. The zero-order valence-electron chi connectivity index (χ0n) is 16.7. The summed E-state index contributed by atoms with van der Waals surface area (Å²) in [6.45, 7) is 0.374. The fourth-order valence-electron chi connectivity index (χ4n) is 3.08. The highest BCUT2D eigenvalue weighted by Crippen LogP contribution is 2.16. The molecule has 0 fully saturated rings. The van der Waals surface area contributed by atoms with Crippen LogP contribution in [-0.2, 0) is 19.4 Å². The molecule has 0 atom stereocenters. The number of aryl methyl sites for hydroxylation is 2. The number of ether oxygens (including phenoxy) is 1. The van der Waals surface area contributed by atoms with Crippen molar-refractivity contribution in [1.82, 2.24) is 20.2 Å². The second-order valence-corrected chi connectivity index (χ2v) is 6.99. The molecule has 0 unspecified atom stereocenters. The van der Waals surface area contributed by atoms with Gasteiger partial charge < -0.3 is 9.15 Å². The van der Waals surface area contributed by atoms with Crippen LogP contribution < -0.4 is 4.74 Å². The number of aromatic amines is 1. The maximum Gasteiger partial charge on any atom is 0.218 e. The largest absolute Gasteiger partial charge is 0.487 e. The van der Waals surface area contributed by atoms with E-state index in [1.54, 1.807) is 12.6 Å². The van der Waals surface area contributed by atoms with Gasteiger partial charge in [0.05, 0.1) is 0 Å². The molecule has 0 aliphatic heterocycles. The minimum atomic E-state index is 0.374. The summed E-state index contributed by atoms with van der Waals surface area (Å²) in [7, 11) is 0. The topological polar surface area (TPSA) is 76.8 Å².